The maximum atomic E-state index is 4.35. The van der Waals surface area contributed by atoms with Gasteiger partial charge in [0.2, 0.25) is 0 Å². The summed E-state index contributed by atoms with van der Waals surface area (Å²) in [4.78, 5) is 10.1. The van der Waals surface area contributed by atoms with E-state index in [4.69, 9.17) is 0 Å². The Bertz CT molecular complexity index is 586. The van der Waals surface area contributed by atoms with Gasteiger partial charge in [-0.2, -0.15) is 5.10 Å². The van der Waals surface area contributed by atoms with Gasteiger partial charge in [-0.1, -0.05) is 12.8 Å². The van der Waals surface area contributed by atoms with Crippen LogP contribution in [-0.2, 0) is 6.54 Å². The van der Waals surface area contributed by atoms with Crippen molar-refractivity contribution in [2.24, 2.45) is 0 Å². The van der Waals surface area contributed by atoms with Gasteiger partial charge in [0, 0.05) is 28.8 Å². The Hall–Kier alpha value is -1.20. The summed E-state index contributed by atoms with van der Waals surface area (Å²) in [6, 6.07) is 4.74. The Morgan fingerprint density at radius 1 is 1.14 bits per heavy atom. The number of hydrogen-bond donors (Lipinski definition) is 1. The number of nitrogens with one attached hydrogen (secondary N) is 1. The minimum absolute atomic E-state index is 0.519. The first-order valence-corrected chi connectivity index (χ1v) is 9.36. The Labute approximate surface area is 136 Å². The molecule has 22 heavy (non-hydrogen) atoms. The van der Waals surface area contributed by atoms with Gasteiger partial charge in [-0.15, -0.1) is 11.3 Å². The smallest absolute Gasteiger partial charge is 0.137 e. The highest BCUT2D eigenvalue weighted by Gasteiger charge is 2.24. The molecule has 1 N–H and O–H groups in total. The van der Waals surface area contributed by atoms with E-state index in [1.165, 1.54) is 49.9 Å². The minimum Gasteiger partial charge on any atom is -0.298 e. The van der Waals surface area contributed by atoms with Crippen LogP contribution in [0.4, 0.5) is 0 Å². The van der Waals surface area contributed by atoms with E-state index in [1.807, 2.05) is 11.3 Å². The van der Waals surface area contributed by atoms with Crippen LogP contribution in [0.5, 0.6) is 0 Å². The number of piperidine rings is 1. The molecule has 1 aliphatic carbocycles. The molecule has 0 unspecified atom stereocenters. The maximum absolute atomic E-state index is 4.35. The monoisotopic (exact) mass is 316 g/mol. The minimum atomic E-state index is 0.519. The highest BCUT2D eigenvalue weighted by molar-refractivity contribution is 7.12. The molecule has 0 bridgehead atoms. The summed E-state index contributed by atoms with van der Waals surface area (Å²) in [7, 11) is 0. The predicted octanol–water partition coefficient (Wildman–Crippen LogP) is 3.90. The highest BCUT2D eigenvalue weighted by Crippen LogP contribution is 2.38. The number of aromatic amines is 1. The summed E-state index contributed by atoms with van der Waals surface area (Å²) < 4.78 is 0. The molecule has 0 aromatic carbocycles. The fourth-order valence-corrected chi connectivity index (χ4v) is 5.19. The number of thiophene rings is 1. The predicted molar refractivity (Wildman–Crippen MR) is 89.2 cm³/mol. The Morgan fingerprint density at radius 3 is 2.82 bits per heavy atom. The summed E-state index contributed by atoms with van der Waals surface area (Å²) in [6.07, 6.45) is 9.75. The van der Waals surface area contributed by atoms with E-state index in [1.54, 1.807) is 11.2 Å². The summed E-state index contributed by atoms with van der Waals surface area (Å²) in [5, 5.41) is 7.05. The molecule has 5 heteroatoms. The first kappa shape index (κ1) is 14.4. The molecule has 1 saturated heterocycles. The highest BCUT2D eigenvalue weighted by atomic mass is 32.1. The van der Waals surface area contributed by atoms with Gasteiger partial charge in [0.05, 0.1) is 0 Å². The molecule has 4 nitrogen and oxygen atoms in total. The molecule has 0 amide bonds. The van der Waals surface area contributed by atoms with Crippen LogP contribution in [-0.4, -0.2) is 33.2 Å². The fraction of sp³-hybridized carbons (Fsp3) is 0.647. The van der Waals surface area contributed by atoms with Gasteiger partial charge in [-0.3, -0.25) is 10.00 Å². The second-order valence-electron chi connectivity index (χ2n) is 6.73. The van der Waals surface area contributed by atoms with Crippen LogP contribution < -0.4 is 0 Å². The van der Waals surface area contributed by atoms with Crippen molar-refractivity contribution >= 4 is 11.3 Å². The van der Waals surface area contributed by atoms with E-state index in [0.717, 1.165) is 24.8 Å². The van der Waals surface area contributed by atoms with Gasteiger partial charge in [-0.05, 0) is 50.3 Å². The van der Waals surface area contributed by atoms with Gasteiger partial charge in [-0.25, -0.2) is 4.98 Å². The molecule has 1 aliphatic heterocycles. The van der Waals surface area contributed by atoms with Crippen molar-refractivity contribution < 1.29 is 0 Å². The number of H-pyrrole nitrogens is 1. The molecule has 2 aromatic heterocycles. The van der Waals surface area contributed by atoms with Crippen LogP contribution in [0.3, 0.4) is 0 Å². The molecule has 2 aromatic rings. The lowest BCUT2D eigenvalue weighted by molar-refractivity contribution is 0.198. The number of hydrogen-bond acceptors (Lipinski definition) is 4. The molecule has 1 atom stereocenters. The van der Waals surface area contributed by atoms with Crippen LogP contribution in [0.15, 0.2) is 18.5 Å². The van der Waals surface area contributed by atoms with Crippen LogP contribution >= 0.6 is 11.3 Å². The zero-order valence-electron chi connectivity index (χ0n) is 13.0. The van der Waals surface area contributed by atoms with Gasteiger partial charge in [0.1, 0.15) is 12.2 Å². The van der Waals surface area contributed by atoms with Gasteiger partial charge in [0.15, 0.2) is 0 Å². The van der Waals surface area contributed by atoms with E-state index in [0.29, 0.717) is 5.92 Å². The Kier molecular flexibility index (Phi) is 4.26. The van der Waals surface area contributed by atoms with Gasteiger partial charge >= 0.3 is 0 Å². The zero-order chi connectivity index (χ0) is 14.8. The van der Waals surface area contributed by atoms with E-state index in [-0.39, 0.29) is 0 Å². The van der Waals surface area contributed by atoms with Crippen molar-refractivity contribution in [1.29, 1.82) is 0 Å². The third-order valence-corrected chi connectivity index (χ3v) is 6.38. The average Bonchev–Trinajstić information content (AvgIpc) is 3.29. The molecular formula is C17H24N4S. The summed E-state index contributed by atoms with van der Waals surface area (Å²) in [6.45, 7) is 3.41. The van der Waals surface area contributed by atoms with E-state index < -0.39 is 0 Å². The number of rotatable bonds is 4. The van der Waals surface area contributed by atoms with Crippen molar-refractivity contribution in [3.63, 3.8) is 0 Å². The van der Waals surface area contributed by atoms with E-state index >= 15 is 0 Å². The van der Waals surface area contributed by atoms with Crippen LogP contribution in [0.1, 0.15) is 65.9 Å². The first-order chi connectivity index (χ1) is 10.9. The lowest BCUT2D eigenvalue weighted by Crippen LogP contribution is -2.34. The zero-order valence-corrected chi connectivity index (χ0v) is 13.8. The Balaban J connectivity index is 1.38. The Morgan fingerprint density at radius 2 is 2.00 bits per heavy atom. The summed E-state index contributed by atoms with van der Waals surface area (Å²) in [5.74, 6) is 2.43. The second kappa shape index (κ2) is 6.50. The number of nitrogens with zero attached hydrogens (tertiary/aromatic N) is 3. The first-order valence-electron chi connectivity index (χ1n) is 8.55. The lowest BCUT2D eigenvalue weighted by atomic mass is 9.97. The molecule has 4 rings (SSSR count). The molecule has 118 valence electrons. The van der Waals surface area contributed by atoms with E-state index in [2.05, 4.69) is 32.2 Å². The quantitative estimate of drug-likeness (QED) is 0.930. The van der Waals surface area contributed by atoms with Crippen molar-refractivity contribution in [3.8, 4) is 0 Å². The number of likely N-dealkylation sites (tertiary alicyclic amines) is 1. The van der Waals surface area contributed by atoms with Gasteiger partial charge in [0.25, 0.3) is 0 Å². The largest absolute Gasteiger partial charge is 0.298 e. The van der Waals surface area contributed by atoms with E-state index in [9.17, 15) is 0 Å². The van der Waals surface area contributed by atoms with Crippen LogP contribution in [0.25, 0.3) is 0 Å². The lowest BCUT2D eigenvalue weighted by Gasteiger charge is -2.31. The van der Waals surface area contributed by atoms with Crippen molar-refractivity contribution in [1.82, 2.24) is 20.1 Å². The maximum Gasteiger partial charge on any atom is 0.137 e. The molecule has 0 radical (unpaired) electrons. The topological polar surface area (TPSA) is 44.8 Å². The molecule has 1 saturated carbocycles. The number of aromatic nitrogens is 3. The van der Waals surface area contributed by atoms with Crippen LogP contribution in [0, 0.1) is 0 Å². The van der Waals surface area contributed by atoms with Gasteiger partial charge < -0.3 is 0 Å². The van der Waals surface area contributed by atoms with Crippen molar-refractivity contribution in [3.05, 3.63) is 34.0 Å². The molecule has 2 fully saturated rings. The molecular weight excluding hydrogens is 292 g/mol. The second-order valence-corrected chi connectivity index (χ2v) is 7.93. The van der Waals surface area contributed by atoms with Crippen molar-refractivity contribution in [2.45, 2.75) is 56.9 Å². The SMILES string of the molecule is c1n[nH]c([C@@H]2CCCN(Cc3ccc(C4CCCC4)s3)C2)n1. The summed E-state index contributed by atoms with van der Waals surface area (Å²) >= 11 is 2.05. The molecule has 3 heterocycles. The average molecular weight is 316 g/mol. The standard InChI is InChI=1S/C17H24N4S/c1-2-5-13(4-1)16-8-7-15(22-16)11-21-9-3-6-14(10-21)17-18-12-19-20-17/h7-8,12-14H,1-6,9-11H2,(H,18,19,20)/t14-/m1/s1. The normalized spacial score (nSPS) is 24.1. The van der Waals surface area contributed by atoms with Crippen molar-refractivity contribution in [2.75, 3.05) is 13.1 Å². The molecule has 2 aliphatic rings. The third kappa shape index (κ3) is 3.10. The van der Waals surface area contributed by atoms with Crippen LogP contribution in [0.2, 0.25) is 0 Å². The summed E-state index contributed by atoms with van der Waals surface area (Å²) in [5.41, 5.74) is 0. The molecule has 0 spiro atoms. The third-order valence-electron chi connectivity index (χ3n) is 5.15. The fourth-order valence-electron chi connectivity index (χ4n) is 3.96.